The van der Waals surface area contributed by atoms with Gasteiger partial charge < -0.3 is 21.7 Å². The average molecular weight is 462 g/mol. The molecule has 5 N–H and O–H groups in total. The van der Waals surface area contributed by atoms with Crippen LogP contribution in [0.5, 0.6) is 0 Å². The highest BCUT2D eigenvalue weighted by atomic mass is 32.1. The van der Waals surface area contributed by atoms with Gasteiger partial charge in [-0.25, -0.2) is 0 Å². The first-order valence-electron chi connectivity index (χ1n) is 11.1. The summed E-state index contributed by atoms with van der Waals surface area (Å²) in [6.45, 7) is 1.71. The summed E-state index contributed by atoms with van der Waals surface area (Å²) in [5, 5.41) is 7.87. The number of aryl methyl sites for hydroxylation is 1. The molecule has 0 radical (unpaired) electrons. The molecule has 5 rings (SSSR count). The molecule has 1 aromatic carbocycles. The lowest BCUT2D eigenvalue weighted by atomic mass is 10.1. The molecule has 4 aromatic rings. The summed E-state index contributed by atoms with van der Waals surface area (Å²) >= 11 is 1.38. The van der Waals surface area contributed by atoms with Gasteiger partial charge in [-0.05, 0) is 30.9 Å². The van der Waals surface area contributed by atoms with Crippen LogP contribution in [0.15, 0.2) is 48.8 Å². The lowest BCUT2D eigenvalue weighted by molar-refractivity contribution is 0.102. The maximum Gasteiger partial charge on any atom is 0.261 e. The van der Waals surface area contributed by atoms with Crippen molar-refractivity contribution < 1.29 is 4.79 Å². The fourth-order valence-corrected chi connectivity index (χ4v) is 5.38. The minimum absolute atomic E-state index is 0.213. The zero-order valence-electron chi connectivity index (χ0n) is 18.5. The van der Waals surface area contributed by atoms with E-state index >= 15 is 0 Å². The second kappa shape index (κ2) is 8.84. The summed E-state index contributed by atoms with van der Waals surface area (Å²) < 4.78 is 2.68. The van der Waals surface area contributed by atoms with Crippen LogP contribution in [0.25, 0.3) is 21.3 Å². The summed E-state index contributed by atoms with van der Waals surface area (Å²) in [6, 6.07) is 12.3. The van der Waals surface area contributed by atoms with Crippen LogP contribution in [-0.2, 0) is 7.05 Å². The zero-order chi connectivity index (χ0) is 22.9. The predicted molar refractivity (Wildman–Crippen MR) is 135 cm³/mol. The molecule has 0 unspecified atom stereocenters. The summed E-state index contributed by atoms with van der Waals surface area (Å²) in [6.07, 6.45) is 6.40. The molecule has 1 atom stereocenters. The molecule has 0 bridgehead atoms. The molecule has 0 aliphatic carbocycles. The molecule has 1 fully saturated rings. The number of hydrogen-bond donors (Lipinski definition) is 3. The van der Waals surface area contributed by atoms with Crippen LogP contribution < -0.4 is 21.7 Å². The number of aromatic nitrogens is 3. The van der Waals surface area contributed by atoms with Crippen molar-refractivity contribution in [1.82, 2.24) is 14.8 Å². The van der Waals surface area contributed by atoms with E-state index in [1.807, 2.05) is 43.4 Å². The Hall–Kier alpha value is -3.43. The van der Waals surface area contributed by atoms with Crippen molar-refractivity contribution in [3.8, 4) is 11.1 Å². The Kier molecular flexibility index (Phi) is 5.74. The van der Waals surface area contributed by atoms with E-state index in [1.165, 1.54) is 11.3 Å². The van der Waals surface area contributed by atoms with E-state index in [-0.39, 0.29) is 11.9 Å². The van der Waals surface area contributed by atoms with Crippen LogP contribution in [-0.4, -0.2) is 39.8 Å². The van der Waals surface area contributed by atoms with Crippen molar-refractivity contribution in [3.05, 3.63) is 54.4 Å². The quantitative estimate of drug-likeness (QED) is 0.425. The number of rotatable bonds is 4. The summed E-state index contributed by atoms with van der Waals surface area (Å²) in [5.41, 5.74) is 16.2. The van der Waals surface area contributed by atoms with Crippen molar-refractivity contribution in [3.63, 3.8) is 0 Å². The Morgan fingerprint density at radius 3 is 2.79 bits per heavy atom. The van der Waals surface area contributed by atoms with Gasteiger partial charge in [0.05, 0.1) is 16.4 Å². The second-order valence-electron chi connectivity index (χ2n) is 8.42. The smallest absolute Gasteiger partial charge is 0.261 e. The number of carbonyl (C=O) groups is 1. The molecule has 0 spiro atoms. The van der Waals surface area contributed by atoms with Crippen LogP contribution in [0, 0.1) is 0 Å². The van der Waals surface area contributed by atoms with Gasteiger partial charge in [-0.2, -0.15) is 5.10 Å². The number of amides is 1. The molecule has 4 heterocycles. The van der Waals surface area contributed by atoms with Gasteiger partial charge in [-0.15, -0.1) is 11.3 Å². The van der Waals surface area contributed by atoms with Gasteiger partial charge in [0.15, 0.2) is 5.82 Å². The van der Waals surface area contributed by atoms with Crippen LogP contribution in [0.4, 0.5) is 16.5 Å². The number of anilines is 3. The van der Waals surface area contributed by atoms with E-state index in [0.29, 0.717) is 21.8 Å². The molecule has 1 aliphatic heterocycles. The van der Waals surface area contributed by atoms with Gasteiger partial charge in [0.1, 0.15) is 16.3 Å². The van der Waals surface area contributed by atoms with E-state index < -0.39 is 0 Å². The Morgan fingerprint density at radius 2 is 1.97 bits per heavy atom. The van der Waals surface area contributed by atoms with Crippen LogP contribution in [0.2, 0.25) is 0 Å². The molecule has 1 amide bonds. The van der Waals surface area contributed by atoms with Gasteiger partial charge in [-0.3, -0.25) is 14.5 Å². The number of fused-ring (bicyclic) bond motifs is 1. The van der Waals surface area contributed by atoms with Gasteiger partial charge in [0.2, 0.25) is 0 Å². The number of nitrogen functional groups attached to an aromatic ring is 1. The Labute approximate surface area is 196 Å². The largest absolute Gasteiger partial charge is 0.390 e. The van der Waals surface area contributed by atoms with Gasteiger partial charge in [0, 0.05) is 37.9 Å². The number of nitrogens with zero attached hydrogens (tertiary/aromatic N) is 4. The molecule has 3 aromatic heterocycles. The number of nitrogens with one attached hydrogen (secondary N) is 1. The zero-order valence-corrected chi connectivity index (χ0v) is 19.3. The lowest BCUT2D eigenvalue weighted by Gasteiger charge is -2.24. The van der Waals surface area contributed by atoms with Crippen molar-refractivity contribution in [2.24, 2.45) is 12.8 Å². The summed E-state index contributed by atoms with van der Waals surface area (Å²) in [7, 11) is 1.89. The number of hydrogen-bond acceptors (Lipinski definition) is 7. The third kappa shape index (κ3) is 4.17. The van der Waals surface area contributed by atoms with Crippen LogP contribution >= 0.6 is 11.3 Å². The third-order valence-corrected chi connectivity index (χ3v) is 7.07. The fraction of sp³-hybridized carbons (Fsp3) is 0.292. The number of carbonyl (C=O) groups excluding carboxylic acids is 1. The summed E-state index contributed by atoms with van der Waals surface area (Å²) in [5.74, 6) is 0.606. The first kappa shape index (κ1) is 21.4. The molecule has 170 valence electrons. The highest BCUT2D eigenvalue weighted by molar-refractivity contribution is 7.23. The second-order valence-corrected chi connectivity index (χ2v) is 9.50. The normalized spacial score (nSPS) is 16.7. The molecular weight excluding hydrogens is 434 g/mol. The number of thiophene rings is 1. The number of pyridine rings is 1. The summed E-state index contributed by atoms with van der Waals surface area (Å²) in [4.78, 5) is 20.2. The molecular formula is C24H27N7OS. The third-order valence-electron chi connectivity index (χ3n) is 6.12. The average Bonchev–Trinajstić information content (AvgIpc) is 3.25. The minimum atomic E-state index is -0.278. The monoisotopic (exact) mass is 461 g/mol. The van der Waals surface area contributed by atoms with Gasteiger partial charge >= 0.3 is 0 Å². The minimum Gasteiger partial charge on any atom is -0.390 e. The fourth-order valence-electron chi connectivity index (χ4n) is 4.42. The molecule has 9 heteroatoms. The van der Waals surface area contributed by atoms with E-state index in [4.69, 9.17) is 11.5 Å². The van der Waals surface area contributed by atoms with E-state index in [9.17, 15) is 4.79 Å². The highest BCUT2D eigenvalue weighted by Gasteiger charge is 2.24. The van der Waals surface area contributed by atoms with Crippen molar-refractivity contribution >= 4 is 44.0 Å². The molecule has 0 saturated carbocycles. The van der Waals surface area contributed by atoms with E-state index in [2.05, 4.69) is 20.3 Å². The highest BCUT2D eigenvalue weighted by Crippen LogP contribution is 2.36. The first-order chi connectivity index (χ1) is 16.0. The molecule has 1 aliphatic rings. The topological polar surface area (TPSA) is 115 Å². The molecule has 33 heavy (non-hydrogen) atoms. The molecule has 1 saturated heterocycles. The SMILES string of the molecule is Cn1ncc(NC(=O)c2c(N)sc3cc(-c4ccccc4)cnc23)c1N1CCC[C@@H](N)CC1. The standard InChI is InChI=1S/C24H27N7OS/c1-30-24(31-10-5-8-17(25)9-11-31)18(14-28-30)29-23(32)20-21-19(33-22(20)26)12-16(13-27-21)15-6-3-2-4-7-15/h2-4,6-7,12-14,17H,5,8-11,25-26H2,1H3,(H,29,32)/t17-/m1/s1. The lowest BCUT2D eigenvalue weighted by Crippen LogP contribution is -2.29. The Bertz CT molecular complexity index is 1300. The van der Waals surface area contributed by atoms with Gasteiger partial charge in [-0.1, -0.05) is 30.3 Å². The van der Waals surface area contributed by atoms with Crippen LogP contribution in [0.1, 0.15) is 29.6 Å². The Morgan fingerprint density at radius 1 is 1.15 bits per heavy atom. The van der Waals surface area contributed by atoms with Crippen molar-refractivity contribution in [1.29, 1.82) is 0 Å². The van der Waals surface area contributed by atoms with E-state index in [1.54, 1.807) is 17.1 Å². The van der Waals surface area contributed by atoms with Crippen molar-refractivity contribution in [2.75, 3.05) is 29.0 Å². The van der Waals surface area contributed by atoms with Gasteiger partial charge in [0.25, 0.3) is 5.91 Å². The Balaban J connectivity index is 1.44. The molecule has 8 nitrogen and oxygen atoms in total. The number of nitrogens with two attached hydrogens (primary N) is 2. The number of benzene rings is 1. The maximum atomic E-state index is 13.3. The maximum absolute atomic E-state index is 13.3. The first-order valence-corrected chi connectivity index (χ1v) is 11.9. The predicted octanol–water partition coefficient (Wildman–Crippen LogP) is 3.85. The van der Waals surface area contributed by atoms with Crippen LogP contribution in [0.3, 0.4) is 0 Å². The van der Waals surface area contributed by atoms with Crippen molar-refractivity contribution in [2.45, 2.75) is 25.3 Å². The van der Waals surface area contributed by atoms with E-state index in [0.717, 1.165) is 54.0 Å².